The molecule has 4 aliphatic rings. The Bertz CT molecular complexity index is 2830. The van der Waals surface area contributed by atoms with Crippen LogP contribution in [-0.2, 0) is 14.8 Å². The molecule has 1 atom stereocenters. The number of hydrogen-bond donors (Lipinski definition) is 4. The van der Waals surface area contributed by atoms with E-state index in [0.717, 1.165) is 81.5 Å². The van der Waals surface area contributed by atoms with Gasteiger partial charge in [0, 0.05) is 74.7 Å². The number of carbonyl (C=O) groups excluding carboxylic acids is 2. The molecule has 2 aliphatic heterocycles. The number of pyridine rings is 2. The highest BCUT2D eigenvalue weighted by Crippen LogP contribution is 2.53. The van der Waals surface area contributed by atoms with E-state index in [9.17, 15) is 33.2 Å². The number of piperazine rings is 1. The maximum atomic E-state index is 14.0. The smallest absolute Gasteiger partial charge is 0.409 e. The molecule has 366 valence electrons. The molecule has 2 saturated heterocycles. The van der Waals surface area contributed by atoms with Crippen molar-refractivity contribution in [3.05, 3.63) is 106 Å². The van der Waals surface area contributed by atoms with Crippen LogP contribution < -0.4 is 19.7 Å². The van der Waals surface area contributed by atoms with Crippen LogP contribution in [0.2, 0.25) is 0 Å². The number of nitrogens with zero attached hydrogens (tertiary/aromatic N) is 6. The fourth-order valence-corrected chi connectivity index (χ4v) is 11.8. The molecule has 0 unspecified atom stereocenters. The number of methoxy groups -OCH3 is 1. The summed E-state index contributed by atoms with van der Waals surface area (Å²) in [5.41, 5.74) is 2.82. The maximum absolute atomic E-state index is 14.0. The minimum absolute atomic E-state index is 0.0619. The van der Waals surface area contributed by atoms with Crippen molar-refractivity contribution in [1.29, 1.82) is 0 Å². The quantitative estimate of drug-likeness (QED) is 0.0646. The Morgan fingerprint density at radius 3 is 2.46 bits per heavy atom. The Balaban J connectivity index is 0.900. The standard InChI is InChI=1S/C50H61N9O9S/c1-32(2)39-7-5-6-8-40(39)43-31-57(48(61)67-4)21-22-58(43)36-26-50(27-36)16-19-56(20-17-50)35-9-10-41(44(24-35)68-37-23-34-13-18-51-45(34)53-29-37)47(60)55-69(65,66)38-25-42(59(63)64)46(54-30-38)52-28-33-11-14-49(3,62)15-12-33/h5-10,13,18,23-25,29-30,32-33,36,43,62H,11-12,14-17,19-22,26-28,31H2,1-4H3,(H,51,53)(H,52,54)(H,55,60)/t33?,43-,49?/m0/s1. The SMILES string of the molecule is COC(=O)N1CCN(C2CC3(CCN(c4ccc(C(=O)NS(=O)(=O)c5cnc(NCC6CCC(C)(O)CC6)c([N+](=O)[O-])c5)c(Oc5cnc6[nH]ccc6c5)c4)CC3)C2)[C@H](c2ccccc2C(C)C)C1. The molecular weight excluding hydrogens is 903 g/mol. The van der Waals surface area contributed by atoms with Crippen LogP contribution in [0.1, 0.15) is 106 Å². The average Bonchev–Trinajstić information content (AvgIpc) is 3.80. The molecule has 9 rings (SSSR count). The number of amides is 2. The summed E-state index contributed by atoms with van der Waals surface area (Å²) in [6.07, 6.45) is 10.7. The molecule has 5 aromatic rings. The minimum Gasteiger partial charge on any atom is -0.455 e. The van der Waals surface area contributed by atoms with Gasteiger partial charge in [0.2, 0.25) is 5.82 Å². The summed E-state index contributed by atoms with van der Waals surface area (Å²) in [6, 6.07) is 18.5. The Morgan fingerprint density at radius 1 is 0.986 bits per heavy atom. The number of sulfonamides is 1. The molecule has 4 N–H and O–H groups in total. The zero-order valence-electron chi connectivity index (χ0n) is 39.5. The van der Waals surface area contributed by atoms with Gasteiger partial charge >= 0.3 is 11.8 Å². The molecule has 4 fully saturated rings. The Hall–Kier alpha value is -6.31. The molecule has 0 radical (unpaired) electrons. The van der Waals surface area contributed by atoms with Crippen molar-refractivity contribution in [3.8, 4) is 11.5 Å². The topological polar surface area (TPSA) is 225 Å². The van der Waals surface area contributed by atoms with Crippen LogP contribution in [0.15, 0.2) is 84.1 Å². The lowest BCUT2D eigenvalue weighted by molar-refractivity contribution is -0.384. The summed E-state index contributed by atoms with van der Waals surface area (Å²) in [7, 11) is -3.22. The van der Waals surface area contributed by atoms with Gasteiger partial charge in [-0.15, -0.1) is 0 Å². The number of hydrogen-bond acceptors (Lipinski definition) is 14. The summed E-state index contributed by atoms with van der Waals surface area (Å²) in [5.74, 6) is -0.157. The fraction of sp³-hybridized carbons (Fsp3) is 0.480. The number of nitro groups is 1. The average molecular weight is 964 g/mol. The van der Waals surface area contributed by atoms with Crippen LogP contribution in [0.4, 0.5) is 22.0 Å². The van der Waals surface area contributed by atoms with Crippen LogP contribution in [0.25, 0.3) is 11.0 Å². The van der Waals surface area contributed by atoms with Crippen molar-refractivity contribution >= 4 is 50.2 Å². The van der Waals surface area contributed by atoms with E-state index in [2.05, 4.69) is 72.9 Å². The summed E-state index contributed by atoms with van der Waals surface area (Å²) in [6.45, 7) is 10.1. The molecule has 2 amide bonds. The summed E-state index contributed by atoms with van der Waals surface area (Å²) < 4.78 is 41.1. The molecular formula is C50H61N9O9S. The number of nitrogens with one attached hydrogen (secondary N) is 3. The van der Waals surface area contributed by atoms with Crippen LogP contribution in [0.5, 0.6) is 11.5 Å². The molecule has 19 heteroatoms. The van der Waals surface area contributed by atoms with E-state index in [0.29, 0.717) is 55.8 Å². The predicted molar refractivity (Wildman–Crippen MR) is 260 cm³/mol. The maximum Gasteiger partial charge on any atom is 0.409 e. The number of H-pyrrole nitrogens is 1. The first kappa shape index (κ1) is 47.7. The molecule has 0 bridgehead atoms. The molecule has 2 aliphatic carbocycles. The highest BCUT2D eigenvalue weighted by Gasteiger charge is 2.50. The Morgan fingerprint density at radius 2 is 1.74 bits per heavy atom. The van der Waals surface area contributed by atoms with Gasteiger partial charge in [-0.05, 0) is 111 Å². The Labute approximate surface area is 402 Å². The number of benzene rings is 2. The third-order valence-electron chi connectivity index (χ3n) is 15.0. The zero-order valence-corrected chi connectivity index (χ0v) is 40.3. The highest BCUT2D eigenvalue weighted by molar-refractivity contribution is 7.90. The van der Waals surface area contributed by atoms with Crippen molar-refractivity contribution in [2.24, 2.45) is 11.3 Å². The van der Waals surface area contributed by atoms with E-state index in [4.69, 9.17) is 9.47 Å². The molecule has 2 saturated carbocycles. The number of anilines is 2. The van der Waals surface area contributed by atoms with E-state index in [-0.39, 0.29) is 40.6 Å². The Kier molecular flexibility index (Phi) is 13.3. The number of fused-ring (bicyclic) bond motifs is 1. The van der Waals surface area contributed by atoms with Crippen LogP contribution in [0, 0.1) is 21.4 Å². The monoisotopic (exact) mass is 963 g/mol. The number of ether oxygens (including phenoxy) is 2. The van der Waals surface area contributed by atoms with Gasteiger partial charge in [0.1, 0.15) is 22.0 Å². The molecule has 69 heavy (non-hydrogen) atoms. The van der Waals surface area contributed by atoms with Crippen molar-refractivity contribution in [2.45, 2.75) is 101 Å². The van der Waals surface area contributed by atoms with Gasteiger partial charge in [-0.2, -0.15) is 0 Å². The van der Waals surface area contributed by atoms with Crippen molar-refractivity contribution in [1.82, 2.24) is 29.5 Å². The third-order valence-corrected chi connectivity index (χ3v) is 16.3. The van der Waals surface area contributed by atoms with E-state index in [1.807, 2.05) is 11.0 Å². The number of carbonyl (C=O) groups is 2. The van der Waals surface area contributed by atoms with Gasteiger partial charge < -0.3 is 34.7 Å². The van der Waals surface area contributed by atoms with Gasteiger partial charge in [0.25, 0.3) is 15.9 Å². The van der Waals surface area contributed by atoms with E-state index < -0.39 is 37.0 Å². The van der Waals surface area contributed by atoms with Crippen molar-refractivity contribution < 1.29 is 37.5 Å². The van der Waals surface area contributed by atoms with Crippen molar-refractivity contribution in [2.75, 3.05) is 56.6 Å². The second kappa shape index (κ2) is 19.2. The summed E-state index contributed by atoms with van der Waals surface area (Å²) >= 11 is 0. The summed E-state index contributed by atoms with van der Waals surface area (Å²) in [5, 5.41) is 26.2. The van der Waals surface area contributed by atoms with E-state index >= 15 is 0 Å². The second-order valence-corrected chi connectivity index (χ2v) is 21.6. The number of aromatic amines is 1. The molecule has 2 aromatic carbocycles. The molecule has 5 heterocycles. The lowest BCUT2D eigenvalue weighted by Gasteiger charge is -2.58. The zero-order chi connectivity index (χ0) is 48.7. The molecule has 1 spiro atoms. The fourth-order valence-electron chi connectivity index (χ4n) is 10.9. The van der Waals surface area contributed by atoms with Crippen LogP contribution in [-0.4, -0.2) is 113 Å². The number of rotatable bonds is 13. The van der Waals surface area contributed by atoms with Gasteiger partial charge in [-0.25, -0.2) is 27.9 Å². The van der Waals surface area contributed by atoms with Gasteiger partial charge in [0.15, 0.2) is 0 Å². The minimum atomic E-state index is -4.66. The van der Waals surface area contributed by atoms with Gasteiger partial charge in [-0.1, -0.05) is 38.1 Å². The first-order valence-corrected chi connectivity index (χ1v) is 25.3. The van der Waals surface area contributed by atoms with Gasteiger partial charge in [-0.3, -0.25) is 19.8 Å². The van der Waals surface area contributed by atoms with E-state index in [1.165, 1.54) is 30.5 Å². The normalized spacial score (nSPS) is 22.1. The largest absolute Gasteiger partial charge is 0.455 e. The number of aromatic nitrogens is 3. The van der Waals surface area contributed by atoms with Gasteiger partial charge in [0.05, 0.1) is 41.6 Å². The molecule has 18 nitrogen and oxygen atoms in total. The lowest BCUT2D eigenvalue weighted by atomic mass is 9.59. The third kappa shape index (κ3) is 10.2. The van der Waals surface area contributed by atoms with Crippen LogP contribution >= 0.6 is 0 Å². The lowest BCUT2D eigenvalue weighted by Crippen LogP contribution is -2.60. The first-order valence-electron chi connectivity index (χ1n) is 23.9. The van der Waals surface area contributed by atoms with Crippen LogP contribution in [0.3, 0.4) is 0 Å². The van der Waals surface area contributed by atoms with E-state index in [1.54, 1.807) is 31.3 Å². The number of aliphatic hydroxyl groups is 1. The summed E-state index contributed by atoms with van der Waals surface area (Å²) in [4.78, 5) is 55.9. The first-order chi connectivity index (χ1) is 33.0. The predicted octanol–water partition coefficient (Wildman–Crippen LogP) is 8.13. The number of piperidine rings is 1. The molecule has 3 aromatic heterocycles. The second-order valence-electron chi connectivity index (χ2n) is 19.9. The highest BCUT2D eigenvalue weighted by atomic mass is 32.2. The van der Waals surface area contributed by atoms with Crippen molar-refractivity contribution in [3.63, 3.8) is 0 Å².